The van der Waals surface area contributed by atoms with Gasteiger partial charge >= 0.3 is 0 Å². The smallest absolute Gasteiger partial charge is 0.226 e. The number of sulfone groups is 1. The van der Waals surface area contributed by atoms with Gasteiger partial charge in [-0.15, -0.1) is 0 Å². The Kier molecular flexibility index (Phi) is 8.13. The molecule has 4 rings (SSSR count). The van der Waals surface area contributed by atoms with Crippen molar-refractivity contribution in [3.05, 3.63) is 76.9 Å². The van der Waals surface area contributed by atoms with Crippen LogP contribution in [-0.4, -0.2) is 42.9 Å². The molecule has 0 radical (unpaired) electrons. The van der Waals surface area contributed by atoms with Gasteiger partial charge in [0.25, 0.3) is 0 Å². The van der Waals surface area contributed by atoms with Crippen LogP contribution in [0.2, 0.25) is 0 Å². The van der Waals surface area contributed by atoms with Gasteiger partial charge in [-0.25, -0.2) is 17.8 Å². The first kappa shape index (κ1) is 25.3. The number of Topliss-reactive ketones (excluding diaryl/α,β-unsaturated/α-hetero) is 1. The van der Waals surface area contributed by atoms with Crippen molar-refractivity contribution in [3.63, 3.8) is 0 Å². The van der Waals surface area contributed by atoms with E-state index < -0.39 is 15.6 Å². The van der Waals surface area contributed by atoms with E-state index in [2.05, 4.69) is 9.88 Å². The molecule has 0 unspecified atom stereocenters. The third-order valence-corrected chi connectivity index (χ3v) is 7.75. The molecule has 0 N–H and O–H groups in total. The van der Waals surface area contributed by atoms with Crippen LogP contribution in [0.1, 0.15) is 48.3 Å². The summed E-state index contributed by atoms with van der Waals surface area (Å²) in [6, 6.07) is 14.1. The predicted octanol–water partition coefficient (Wildman–Crippen LogP) is 4.89. The average molecular weight is 499 g/mol. The van der Waals surface area contributed by atoms with Gasteiger partial charge in [-0.2, -0.15) is 0 Å². The lowest BCUT2D eigenvalue weighted by Crippen LogP contribution is -2.18. The molecule has 2 aromatic carbocycles. The molecule has 1 saturated heterocycles. The summed E-state index contributed by atoms with van der Waals surface area (Å²) < 4.78 is 44.0. The van der Waals surface area contributed by atoms with Crippen LogP contribution < -0.4 is 0 Å². The molecule has 2 heterocycles. The van der Waals surface area contributed by atoms with Crippen LogP contribution in [0.15, 0.2) is 52.9 Å². The second kappa shape index (κ2) is 11.3. The molecule has 0 atom stereocenters. The van der Waals surface area contributed by atoms with E-state index in [0.29, 0.717) is 30.2 Å². The van der Waals surface area contributed by atoms with Crippen LogP contribution in [0, 0.1) is 12.7 Å². The lowest BCUT2D eigenvalue weighted by atomic mass is 10.1. The van der Waals surface area contributed by atoms with E-state index in [0.717, 1.165) is 30.8 Å². The number of hydrogen-bond donors (Lipinski definition) is 0. The van der Waals surface area contributed by atoms with Crippen LogP contribution in [0.3, 0.4) is 0 Å². The normalized spacial score (nSPS) is 14.5. The molecule has 0 aliphatic carbocycles. The van der Waals surface area contributed by atoms with Gasteiger partial charge in [-0.3, -0.25) is 9.69 Å². The predicted molar refractivity (Wildman–Crippen MR) is 133 cm³/mol. The van der Waals surface area contributed by atoms with Crippen LogP contribution in [0.4, 0.5) is 4.39 Å². The Hall–Kier alpha value is -2.84. The maximum atomic E-state index is 13.0. The number of hydrogen-bond acceptors (Lipinski definition) is 6. The van der Waals surface area contributed by atoms with Crippen LogP contribution in [-0.2, 0) is 33.4 Å². The minimum Gasteiger partial charge on any atom is -0.441 e. The minimum atomic E-state index is -3.67. The molecule has 35 heavy (non-hydrogen) atoms. The summed E-state index contributed by atoms with van der Waals surface area (Å²) in [6.07, 6.45) is 3.76. The summed E-state index contributed by atoms with van der Waals surface area (Å²) >= 11 is 0. The van der Waals surface area contributed by atoms with Crippen molar-refractivity contribution in [1.29, 1.82) is 0 Å². The Morgan fingerprint density at radius 2 is 1.69 bits per heavy atom. The molecular weight excluding hydrogens is 467 g/mol. The first-order valence-electron chi connectivity index (χ1n) is 12.0. The fraction of sp³-hybridized carbons (Fsp3) is 0.407. The van der Waals surface area contributed by atoms with E-state index in [4.69, 9.17) is 4.42 Å². The highest BCUT2D eigenvalue weighted by Gasteiger charge is 2.22. The Bertz CT molecular complexity index is 1250. The SMILES string of the molecule is Cc1oc(-c2ccc(CN3CCCC3)cc2)nc1CS(=O)(=O)CC(=O)CCCc1ccc(F)cc1. The summed E-state index contributed by atoms with van der Waals surface area (Å²) in [5, 5.41) is 0. The lowest BCUT2D eigenvalue weighted by molar-refractivity contribution is -0.116. The van der Waals surface area contributed by atoms with E-state index in [1.165, 1.54) is 30.5 Å². The number of halogens is 1. The molecule has 186 valence electrons. The van der Waals surface area contributed by atoms with Crippen molar-refractivity contribution in [2.45, 2.75) is 51.3 Å². The first-order chi connectivity index (χ1) is 16.8. The highest BCUT2D eigenvalue weighted by atomic mass is 32.2. The molecule has 1 fully saturated rings. The molecule has 1 aromatic heterocycles. The van der Waals surface area contributed by atoms with Gasteiger partial charge in [0.15, 0.2) is 9.84 Å². The lowest BCUT2D eigenvalue weighted by Gasteiger charge is -2.14. The highest BCUT2D eigenvalue weighted by Crippen LogP contribution is 2.24. The van der Waals surface area contributed by atoms with E-state index in [9.17, 15) is 17.6 Å². The molecule has 0 amide bonds. The maximum Gasteiger partial charge on any atom is 0.226 e. The molecule has 3 aromatic rings. The number of oxazole rings is 1. The zero-order chi connectivity index (χ0) is 24.8. The number of aromatic nitrogens is 1. The van der Waals surface area contributed by atoms with Crippen molar-refractivity contribution < 1.29 is 22.0 Å². The molecule has 8 heteroatoms. The average Bonchev–Trinajstić information content (AvgIpc) is 3.45. The van der Waals surface area contributed by atoms with Crippen molar-refractivity contribution in [2.75, 3.05) is 18.8 Å². The molecule has 1 aliphatic rings. The monoisotopic (exact) mass is 498 g/mol. The van der Waals surface area contributed by atoms with Gasteiger partial charge in [0, 0.05) is 18.5 Å². The van der Waals surface area contributed by atoms with E-state index in [1.54, 1.807) is 19.1 Å². The second-order valence-corrected chi connectivity index (χ2v) is 11.3. The fourth-order valence-corrected chi connectivity index (χ4v) is 5.78. The molecule has 1 aliphatic heterocycles. The zero-order valence-electron chi connectivity index (χ0n) is 20.0. The minimum absolute atomic E-state index is 0.156. The summed E-state index contributed by atoms with van der Waals surface area (Å²) in [4.78, 5) is 19.1. The first-order valence-corrected chi connectivity index (χ1v) is 13.8. The Labute approximate surface area is 206 Å². The molecule has 0 saturated carbocycles. The van der Waals surface area contributed by atoms with Crippen molar-refractivity contribution in [2.24, 2.45) is 0 Å². The second-order valence-electron chi connectivity index (χ2n) is 9.25. The number of likely N-dealkylation sites (tertiary alicyclic amines) is 1. The molecule has 0 spiro atoms. The van der Waals surface area contributed by atoms with Gasteiger partial charge in [-0.05, 0) is 81.1 Å². The third kappa shape index (κ3) is 7.32. The molecule has 6 nitrogen and oxygen atoms in total. The molecular formula is C27H31FN2O4S. The summed E-state index contributed by atoms with van der Waals surface area (Å²) in [5.74, 6) is -0.680. The summed E-state index contributed by atoms with van der Waals surface area (Å²) in [7, 11) is -3.67. The fourth-order valence-electron chi connectivity index (χ4n) is 4.35. The number of carbonyl (C=O) groups excluding carboxylic acids is 1. The van der Waals surface area contributed by atoms with Crippen LogP contribution >= 0.6 is 0 Å². The van der Waals surface area contributed by atoms with Crippen molar-refractivity contribution in [3.8, 4) is 11.5 Å². The highest BCUT2D eigenvalue weighted by molar-refractivity contribution is 7.91. The Morgan fingerprint density at radius 1 is 1.03 bits per heavy atom. The van der Waals surface area contributed by atoms with E-state index in [-0.39, 0.29) is 23.8 Å². The number of ketones is 1. The number of benzene rings is 2. The quantitative estimate of drug-likeness (QED) is 0.374. The van der Waals surface area contributed by atoms with Crippen molar-refractivity contribution in [1.82, 2.24) is 9.88 Å². The largest absolute Gasteiger partial charge is 0.441 e. The number of nitrogens with zero attached hydrogens (tertiary/aromatic N) is 2. The topological polar surface area (TPSA) is 80.5 Å². The summed E-state index contributed by atoms with van der Waals surface area (Å²) in [5.41, 5.74) is 3.26. The van der Waals surface area contributed by atoms with Gasteiger partial charge < -0.3 is 4.42 Å². The zero-order valence-corrected chi connectivity index (χ0v) is 20.8. The Balaban J connectivity index is 1.30. The summed E-state index contributed by atoms with van der Waals surface area (Å²) in [6.45, 7) is 4.88. The Morgan fingerprint density at radius 3 is 2.37 bits per heavy atom. The molecule has 0 bridgehead atoms. The number of aryl methyl sites for hydroxylation is 2. The standard InChI is InChI=1S/C27H31FN2O4S/c1-20-26(19-35(32,33)18-25(31)6-4-5-21-9-13-24(28)14-10-21)29-27(34-20)23-11-7-22(8-12-23)17-30-15-2-3-16-30/h7-14H,2-6,15-19H2,1H3. The third-order valence-electron chi connectivity index (χ3n) is 6.27. The van der Waals surface area contributed by atoms with Gasteiger partial charge in [-0.1, -0.05) is 24.3 Å². The van der Waals surface area contributed by atoms with Gasteiger partial charge in [0.1, 0.15) is 23.1 Å². The van der Waals surface area contributed by atoms with E-state index >= 15 is 0 Å². The van der Waals surface area contributed by atoms with Gasteiger partial charge in [0.2, 0.25) is 5.89 Å². The maximum absolute atomic E-state index is 13.0. The van der Waals surface area contributed by atoms with Crippen molar-refractivity contribution >= 4 is 15.6 Å². The number of rotatable bonds is 11. The van der Waals surface area contributed by atoms with E-state index in [1.807, 2.05) is 24.3 Å². The van der Waals surface area contributed by atoms with Gasteiger partial charge in [0.05, 0.1) is 11.4 Å². The van der Waals surface area contributed by atoms with Crippen LogP contribution in [0.25, 0.3) is 11.5 Å². The number of carbonyl (C=O) groups is 1. The van der Waals surface area contributed by atoms with Crippen LogP contribution in [0.5, 0.6) is 0 Å².